The second-order valence-electron chi connectivity index (χ2n) is 5.90. The highest BCUT2D eigenvalue weighted by molar-refractivity contribution is 4.93. The maximum atomic E-state index is 5.49. The molecule has 0 aromatic heterocycles. The van der Waals surface area contributed by atoms with Crippen molar-refractivity contribution in [2.24, 2.45) is 0 Å². The van der Waals surface area contributed by atoms with Crippen LogP contribution in [-0.2, 0) is 4.74 Å². The first-order chi connectivity index (χ1) is 7.97. The summed E-state index contributed by atoms with van der Waals surface area (Å²) in [5, 5.41) is 3.70. The van der Waals surface area contributed by atoms with E-state index in [4.69, 9.17) is 4.74 Å². The molecule has 1 aliphatic heterocycles. The molecule has 1 fully saturated rings. The average molecular weight is 242 g/mol. The van der Waals surface area contributed by atoms with Crippen LogP contribution in [0.5, 0.6) is 0 Å². The molecule has 1 heterocycles. The van der Waals surface area contributed by atoms with E-state index in [2.05, 4.69) is 37.9 Å². The predicted octanol–water partition coefficient (Wildman–Crippen LogP) is 2.27. The van der Waals surface area contributed by atoms with Gasteiger partial charge in [-0.2, -0.15) is 0 Å². The van der Waals surface area contributed by atoms with Gasteiger partial charge < -0.3 is 15.0 Å². The van der Waals surface area contributed by atoms with Crippen LogP contribution in [0, 0.1) is 0 Å². The molecule has 0 amide bonds. The van der Waals surface area contributed by atoms with Crippen LogP contribution in [0.1, 0.15) is 47.0 Å². The van der Waals surface area contributed by atoms with Gasteiger partial charge in [-0.05, 0) is 33.1 Å². The first-order valence-corrected chi connectivity index (χ1v) is 6.99. The fourth-order valence-electron chi connectivity index (χ4n) is 2.49. The van der Waals surface area contributed by atoms with Crippen LogP contribution < -0.4 is 5.32 Å². The quantitative estimate of drug-likeness (QED) is 0.773. The maximum absolute atomic E-state index is 5.49. The minimum Gasteiger partial charge on any atom is -0.379 e. The molecule has 0 saturated carbocycles. The predicted molar refractivity (Wildman–Crippen MR) is 73.5 cm³/mol. The Labute approximate surface area is 107 Å². The summed E-state index contributed by atoms with van der Waals surface area (Å²) in [5.74, 6) is 0. The van der Waals surface area contributed by atoms with Crippen molar-refractivity contribution in [2.75, 3.05) is 33.3 Å². The molecule has 1 rings (SSSR count). The molecule has 0 spiro atoms. The normalized spacial score (nSPS) is 21.7. The van der Waals surface area contributed by atoms with Crippen molar-refractivity contribution in [1.29, 1.82) is 0 Å². The number of hydrogen-bond donors (Lipinski definition) is 1. The maximum Gasteiger partial charge on any atom is 0.0634 e. The number of nitrogens with one attached hydrogen (secondary N) is 1. The zero-order valence-electron chi connectivity index (χ0n) is 12.3. The van der Waals surface area contributed by atoms with E-state index in [1.165, 1.54) is 25.9 Å². The van der Waals surface area contributed by atoms with Gasteiger partial charge in [-0.1, -0.05) is 13.8 Å². The lowest BCUT2D eigenvalue weighted by Crippen LogP contribution is -2.60. The highest BCUT2D eigenvalue weighted by atomic mass is 16.5. The summed E-state index contributed by atoms with van der Waals surface area (Å²) in [7, 11) is 1.81. The number of nitrogens with zero attached hydrogens (tertiary/aromatic N) is 1. The van der Waals surface area contributed by atoms with Gasteiger partial charge in [0, 0.05) is 38.8 Å². The molecule has 3 heteroatoms. The van der Waals surface area contributed by atoms with Crippen LogP contribution in [0.3, 0.4) is 0 Å². The molecular formula is C14H30N2O. The summed E-state index contributed by atoms with van der Waals surface area (Å²) in [5.41, 5.74) is 0.349. The van der Waals surface area contributed by atoms with E-state index < -0.39 is 0 Å². The number of ether oxygens (including phenoxy) is 1. The molecular weight excluding hydrogens is 212 g/mol. The molecule has 0 bridgehead atoms. The Hall–Kier alpha value is -0.120. The van der Waals surface area contributed by atoms with Crippen LogP contribution in [0.25, 0.3) is 0 Å². The lowest BCUT2D eigenvalue weighted by molar-refractivity contribution is 0.00189. The van der Waals surface area contributed by atoms with Crippen LogP contribution in [0.15, 0.2) is 0 Å². The second kappa shape index (κ2) is 6.17. The van der Waals surface area contributed by atoms with Gasteiger partial charge in [-0.25, -0.2) is 0 Å². The van der Waals surface area contributed by atoms with Crippen LogP contribution in [-0.4, -0.2) is 49.3 Å². The van der Waals surface area contributed by atoms with Crippen molar-refractivity contribution >= 4 is 0 Å². The van der Waals surface area contributed by atoms with Gasteiger partial charge in [-0.15, -0.1) is 0 Å². The van der Waals surface area contributed by atoms with Crippen molar-refractivity contribution in [1.82, 2.24) is 10.2 Å². The number of methoxy groups -OCH3 is 1. The van der Waals surface area contributed by atoms with E-state index in [0.717, 1.165) is 19.5 Å². The standard InChI is InChI=1S/C14H30N2O/c1-6-14(7-2)12-16(11-9-15-14)10-8-13(3,4)17-5/h15H,6-12H2,1-5H3. The number of piperazine rings is 1. The minimum atomic E-state index is 0.00592. The zero-order chi connectivity index (χ0) is 12.9. The Morgan fingerprint density at radius 3 is 2.47 bits per heavy atom. The molecule has 102 valence electrons. The first kappa shape index (κ1) is 14.9. The molecule has 0 aliphatic carbocycles. The highest BCUT2D eigenvalue weighted by Crippen LogP contribution is 2.21. The van der Waals surface area contributed by atoms with E-state index in [1.807, 2.05) is 0 Å². The van der Waals surface area contributed by atoms with E-state index in [9.17, 15) is 0 Å². The summed E-state index contributed by atoms with van der Waals surface area (Å²) in [6.07, 6.45) is 3.54. The van der Waals surface area contributed by atoms with Crippen molar-refractivity contribution in [2.45, 2.75) is 58.1 Å². The van der Waals surface area contributed by atoms with Gasteiger partial charge in [0.25, 0.3) is 0 Å². The molecule has 0 unspecified atom stereocenters. The molecule has 0 aromatic carbocycles. The molecule has 17 heavy (non-hydrogen) atoms. The smallest absolute Gasteiger partial charge is 0.0634 e. The summed E-state index contributed by atoms with van der Waals surface area (Å²) < 4.78 is 5.49. The number of hydrogen-bond acceptors (Lipinski definition) is 3. The van der Waals surface area contributed by atoms with Gasteiger partial charge in [0.05, 0.1) is 5.60 Å². The largest absolute Gasteiger partial charge is 0.379 e. The summed E-state index contributed by atoms with van der Waals surface area (Å²) in [4.78, 5) is 2.59. The van der Waals surface area contributed by atoms with E-state index >= 15 is 0 Å². The Kier molecular flexibility index (Phi) is 5.42. The van der Waals surface area contributed by atoms with Crippen LogP contribution in [0.4, 0.5) is 0 Å². The van der Waals surface area contributed by atoms with Gasteiger partial charge in [-0.3, -0.25) is 0 Å². The zero-order valence-corrected chi connectivity index (χ0v) is 12.3. The monoisotopic (exact) mass is 242 g/mol. The van der Waals surface area contributed by atoms with Gasteiger partial charge in [0.2, 0.25) is 0 Å². The lowest BCUT2D eigenvalue weighted by Gasteiger charge is -2.43. The molecule has 1 N–H and O–H groups in total. The molecule has 0 radical (unpaired) electrons. The topological polar surface area (TPSA) is 24.5 Å². The third-order valence-corrected chi connectivity index (χ3v) is 4.39. The summed E-state index contributed by atoms with van der Waals surface area (Å²) >= 11 is 0. The van der Waals surface area contributed by atoms with E-state index in [1.54, 1.807) is 7.11 Å². The Morgan fingerprint density at radius 2 is 1.94 bits per heavy atom. The van der Waals surface area contributed by atoms with Crippen molar-refractivity contribution in [3.05, 3.63) is 0 Å². The van der Waals surface area contributed by atoms with E-state index in [-0.39, 0.29) is 5.60 Å². The fraction of sp³-hybridized carbons (Fsp3) is 1.00. The van der Waals surface area contributed by atoms with E-state index in [0.29, 0.717) is 5.54 Å². The lowest BCUT2D eigenvalue weighted by atomic mass is 9.90. The van der Waals surface area contributed by atoms with Crippen molar-refractivity contribution < 1.29 is 4.74 Å². The van der Waals surface area contributed by atoms with Gasteiger partial charge in [0.1, 0.15) is 0 Å². The molecule has 3 nitrogen and oxygen atoms in total. The third kappa shape index (κ3) is 4.23. The molecule has 1 aliphatic rings. The third-order valence-electron chi connectivity index (χ3n) is 4.39. The summed E-state index contributed by atoms with van der Waals surface area (Å²) in [6.45, 7) is 13.5. The average Bonchev–Trinajstić information content (AvgIpc) is 2.37. The summed E-state index contributed by atoms with van der Waals surface area (Å²) in [6, 6.07) is 0. The van der Waals surface area contributed by atoms with Crippen LogP contribution in [0.2, 0.25) is 0 Å². The Morgan fingerprint density at radius 1 is 1.29 bits per heavy atom. The fourth-order valence-corrected chi connectivity index (χ4v) is 2.49. The van der Waals surface area contributed by atoms with Crippen molar-refractivity contribution in [3.8, 4) is 0 Å². The molecule has 0 atom stereocenters. The Bertz CT molecular complexity index is 224. The highest BCUT2D eigenvalue weighted by Gasteiger charge is 2.32. The molecule has 1 saturated heterocycles. The second-order valence-corrected chi connectivity index (χ2v) is 5.90. The van der Waals surface area contributed by atoms with Crippen LogP contribution >= 0.6 is 0 Å². The number of rotatable bonds is 6. The first-order valence-electron chi connectivity index (χ1n) is 6.99. The minimum absolute atomic E-state index is 0.00592. The van der Waals surface area contributed by atoms with Gasteiger partial charge >= 0.3 is 0 Å². The molecule has 0 aromatic rings. The van der Waals surface area contributed by atoms with Gasteiger partial charge in [0.15, 0.2) is 0 Å². The SMILES string of the molecule is CCC1(CC)CN(CCC(C)(C)OC)CCN1. The Balaban J connectivity index is 2.45. The van der Waals surface area contributed by atoms with Crippen molar-refractivity contribution in [3.63, 3.8) is 0 Å².